The van der Waals surface area contributed by atoms with E-state index in [2.05, 4.69) is 9.97 Å². The lowest BCUT2D eigenvalue weighted by atomic mass is 10.3. The molecule has 0 unspecified atom stereocenters. The first-order chi connectivity index (χ1) is 8.24. The van der Waals surface area contributed by atoms with Crippen LogP contribution in [0.1, 0.15) is 19.2 Å². The topological polar surface area (TPSA) is 73.8 Å². The quantitative estimate of drug-likeness (QED) is 0.597. The summed E-state index contributed by atoms with van der Waals surface area (Å²) in [7, 11) is 0. The second-order valence-corrected chi connectivity index (χ2v) is 3.57. The van der Waals surface area contributed by atoms with Crippen LogP contribution in [0.25, 0.3) is 5.82 Å². The van der Waals surface area contributed by atoms with Gasteiger partial charge in [-0.1, -0.05) is 6.92 Å². The lowest BCUT2D eigenvalue weighted by molar-refractivity contribution is -0.384. The van der Waals surface area contributed by atoms with E-state index in [1.165, 1.54) is 12.3 Å². The Hall–Kier alpha value is -2.24. The molecule has 0 amide bonds. The predicted molar refractivity (Wildman–Crippen MR) is 62.0 cm³/mol. The molecule has 0 radical (unpaired) electrons. The van der Waals surface area contributed by atoms with Crippen molar-refractivity contribution >= 4 is 5.69 Å². The van der Waals surface area contributed by atoms with Crippen molar-refractivity contribution in [1.29, 1.82) is 0 Å². The maximum atomic E-state index is 10.9. The maximum Gasteiger partial charge on any atom is 0.312 e. The molecule has 0 spiro atoms. The first-order valence-electron chi connectivity index (χ1n) is 5.36. The van der Waals surface area contributed by atoms with Crippen molar-refractivity contribution in [3.8, 4) is 5.82 Å². The van der Waals surface area contributed by atoms with Gasteiger partial charge >= 0.3 is 5.69 Å². The zero-order valence-electron chi connectivity index (χ0n) is 9.41. The molecule has 0 aliphatic heterocycles. The summed E-state index contributed by atoms with van der Waals surface area (Å²) in [5.74, 6) is 1.10. The number of nitro groups is 1. The van der Waals surface area contributed by atoms with E-state index in [9.17, 15) is 10.1 Å². The molecule has 0 bridgehead atoms. The van der Waals surface area contributed by atoms with Crippen LogP contribution in [0.4, 0.5) is 5.69 Å². The van der Waals surface area contributed by atoms with Gasteiger partial charge in [0.15, 0.2) is 0 Å². The molecule has 6 heteroatoms. The van der Waals surface area contributed by atoms with E-state index in [-0.39, 0.29) is 5.69 Å². The second kappa shape index (κ2) is 4.73. The molecule has 88 valence electrons. The SMILES string of the molecule is CCCc1nccn1-c1ncccc1[N+](=O)[O-]. The second-order valence-electron chi connectivity index (χ2n) is 3.57. The fourth-order valence-corrected chi connectivity index (χ4v) is 1.65. The fourth-order valence-electron chi connectivity index (χ4n) is 1.65. The molecule has 0 atom stereocenters. The minimum Gasteiger partial charge on any atom is -0.282 e. The summed E-state index contributed by atoms with van der Waals surface area (Å²) in [5, 5.41) is 10.9. The van der Waals surface area contributed by atoms with E-state index >= 15 is 0 Å². The predicted octanol–water partition coefficient (Wildman–Crippen LogP) is 2.13. The third-order valence-corrected chi connectivity index (χ3v) is 2.38. The van der Waals surface area contributed by atoms with E-state index in [4.69, 9.17) is 0 Å². The van der Waals surface area contributed by atoms with Crippen LogP contribution >= 0.6 is 0 Å². The molecule has 0 N–H and O–H groups in total. The molecular formula is C11H12N4O2. The molecule has 0 aromatic carbocycles. The highest BCUT2D eigenvalue weighted by molar-refractivity contribution is 5.46. The van der Waals surface area contributed by atoms with E-state index in [0.717, 1.165) is 18.7 Å². The Labute approximate surface area is 98.1 Å². The number of aryl methyl sites for hydroxylation is 1. The zero-order valence-corrected chi connectivity index (χ0v) is 9.41. The van der Waals surface area contributed by atoms with Crippen molar-refractivity contribution in [2.24, 2.45) is 0 Å². The lowest BCUT2D eigenvalue weighted by Crippen LogP contribution is -2.05. The summed E-state index contributed by atoms with van der Waals surface area (Å²) in [6, 6.07) is 3.00. The molecule has 2 aromatic heterocycles. The smallest absolute Gasteiger partial charge is 0.282 e. The molecule has 6 nitrogen and oxygen atoms in total. The van der Waals surface area contributed by atoms with E-state index in [0.29, 0.717) is 5.82 Å². The Bertz CT molecular complexity index is 536. The third-order valence-electron chi connectivity index (χ3n) is 2.38. The molecule has 0 fully saturated rings. The normalized spacial score (nSPS) is 10.4. The van der Waals surface area contributed by atoms with Gasteiger partial charge in [0.05, 0.1) is 4.92 Å². The van der Waals surface area contributed by atoms with E-state index in [1.807, 2.05) is 6.92 Å². The Morgan fingerprint density at radius 2 is 2.24 bits per heavy atom. The molecule has 0 saturated heterocycles. The van der Waals surface area contributed by atoms with Gasteiger partial charge in [0.2, 0.25) is 5.82 Å². The van der Waals surface area contributed by atoms with Crippen LogP contribution in [0.3, 0.4) is 0 Å². The first kappa shape index (κ1) is 11.3. The van der Waals surface area contributed by atoms with Gasteiger partial charge in [-0.3, -0.25) is 14.7 Å². The average molecular weight is 232 g/mol. The van der Waals surface area contributed by atoms with Gasteiger partial charge in [0, 0.05) is 31.1 Å². The monoisotopic (exact) mass is 232 g/mol. The summed E-state index contributed by atoms with van der Waals surface area (Å²) in [6.45, 7) is 2.03. The number of hydrogen-bond acceptors (Lipinski definition) is 4. The van der Waals surface area contributed by atoms with Gasteiger partial charge in [-0.2, -0.15) is 0 Å². The van der Waals surface area contributed by atoms with Crippen molar-refractivity contribution in [1.82, 2.24) is 14.5 Å². The molecular weight excluding hydrogens is 220 g/mol. The lowest BCUT2D eigenvalue weighted by Gasteiger charge is -2.06. The van der Waals surface area contributed by atoms with Crippen molar-refractivity contribution in [2.45, 2.75) is 19.8 Å². The highest BCUT2D eigenvalue weighted by atomic mass is 16.6. The Balaban J connectivity index is 2.52. The summed E-state index contributed by atoms with van der Waals surface area (Å²) in [6.07, 6.45) is 6.56. The first-order valence-corrected chi connectivity index (χ1v) is 5.36. The highest BCUT2D eigenvalue weighted by Gasteiger charge is 2.17. The maximum absolute atomic E-state index is 10.9. The zero-order chi connectivity index (χ0) is 12.3. The highest BCUT2D eigenvalue weighted by Crippen LogP contribution is 2.21. The Kier molecular flexibility index (Phi) is 3.13. The molecule has 0 aliphatic rings. The van der Waals surface area contributed by atoms with Gasteiger partial charge in [0.1, 0.15) is 5.82 Å². The minimum atomic E-state index is -0.432. The number of pyridine rings is 1. The fraction of sp³-hybridized carbons (Fsp3) is 0.273. The molecule has 2 rings (SSSR count). The molecule has 17 heavy (non-hydrogen) atoms. The van der Waals surface area contributed by atoms with Crippen molar-refractivity contribution in [3.05, 3.63) is 46.7 Å². The number of hydrogen-bond donors (Lipinski definition) is 0. The van der Waals surface area contributed by atoms with Crippen LogP contribution in [-0.2, 0) is 6.42 Å². The molecule has 0 saturated carbocycles. The summed E-state index contributed by atoms with van der Waals surface area (Å²) in [5.41, 5.74) is -0.0112. The molecule has 2 heterocycles. The van der Waals surface area contributed by atoms with Gasteiger partial charge in [-0.15, -0.1) is 0 Å². The number of imidazole rings is 1. The van der Waals surface area contributed by atoms with Crippen LogP contribution in [0.15, 0.2) is 30.7 Å². The van der Waals surface area contributed by atoms with Crippen LogP contribution in [0, 0.1) is 10.1 Å². The van der Waals surface area contributed by atoms with Crippen molar-refractivity contribution in [3.63, 3.8) is 0 Å². The average Bonchev–Trinajstić information content (AvgIpc) is 2.77. The Morgan fingerprint density at radius 1 is 1.41 bits per heavy atom. The largest absolute Gasteiger partial charge is 0.312 e. The third kappa shape index (κ3) is 2.15. The molecule has 2 aromatic rings. The number of rotatable bonds is 4. The van der Waals surface area contributed by atoms with Gasteiger partial charge < -0.3 is 0 Å². The minimum absolute atomic E-state index is 0.0112. The Morgan fingerprint density at radius 3 is 2.94 bits per heavy atom. The van der Waals surface area contributed by atoms with Gasteiger partial charge in [0.25, 0.3) is 0 Å². The van der Waals surface area contributed by atoms with Gasteiger partial charge in [-0.05, 0) is 12.5 Å². The summed E-state index contributed by atoms with van der Waals surface area (Å²) >= 11 is 0. The van der Waals surface area contributed by atoms with Crippen LogP contribution in [0.5, 0.6) is 0 Å². The van der Waals surface area contributed by atoms with Crippen LogP contribution < -0.4 is 0 Å². The van der Waals surface area contributed by atoms with E-state index < -0.39 is 4.92 Å². The van der Waals surface area contributed by atoms with Gasteiger partial charge in [-0.25, -0.2) is 9.97 Å². The number of aromatic nitrogens is 3. The summed E-state index contributed by atoms with van der Waals surface area (Å²) < 4.78 is 1.67. The van der Waals surface area contributed by atoms with Crippen molar-refractivity contribution < 1.29 is 4.92 Å². The van der Waals surface area contributed by atoms with Crippen LogP contribution in [-0.4, -0.2) is 19.5 Å². The summed E-state index contributed by atoms with van der Waals surface area (Å²) in [4.78, 5) is 18.7. The number of nitrogens with zero attached hydrogens (tertiary/aromatic N) is 4. The van der Waals surface area contributed by atoms with E-state index in [1.54, 1.807) is 23.0 Å². The van der Waals surface area contributed by atoms with Crippen LogP contribution in [0.2, 0.25) is 0 Å². The van der Waals surface area contributed by atoms with Crippen molar-refractivity contribution in [2.75, 3.05) is 0 Å². The molecule has 0 aliphatic carbocycles. The standard InChI is InChI=1S/C11H12N4O2/c1-2-4-10-12-7-8-14(10)11-9(15(16)17)5-3-6-13-11/h3,5-8H,2,4H2,1H3.